The number of hydrogen-bond donors (Lipinski definition) is 3. The van der Waals surface area contributed by atoms with Gasteiger partial charge in [-0.15, -0.1) is 0 Å². The monoisotopic (exact) mass is 306 g/mol. The van der Waals surface area contributed by atoms with E-state index in [1.165, 1.54) is 0 Å². The number of nitro groups is 1. The van der Waals surface area contributed by atoms with Crippen LogP contribution in [0.2, 0.25) is 0 Å². The number of Topliss-reactive ketones (excluding diaryl/α,β-unsaturated/α-hetero) is 2. The maximum absolute atomic E-state index is 10.6. The third-order valence-corrected chi connectivity index (χ3v) is 1.91. The minimum atomic E-state index is -1.12. The van der Waals surface area contributed by atoms with Crippen molar-refractivity contribution in [1.29, 1.82) is 0 Å². The predicted molar refractivity (Wildman–Crippen MR) is 69.5 cm³/mol. The van der Waals surface area contributed by atoms with E-state index in [0.717, 1.165) is 0 Å². The third kappa shape index (κ3) is 20.1. The quantitative estimate of drug-likeness (QED) is 0.351. The predicted octanol–water partition coefficient (Wildman–Crippen LogP) is -0.663. The molecule has 0 aliphatic rings. The van der Waals surface area contributed by atoms with Crippen molar-refractivity contribution in [2.24, 2.45) is 0 Å². The van der Waals surface area contributed by atoms with Gasteiger partial charge < -0.3 is 15.5 Å². The minimum Gasteiger partial charge on any atom is -0.481 e. The first-order valence-electron chi connectivity index (χ1n) is 5.92. The molecule has 0 aliphatic carbocycles. The number of nitrogens with one attached hydrogen (secondary N) is 1. The second kappa shape index (κ2) is 12.7. The van der Waals surface area contributed by atoms with Gasteiger partial charge in [0.25, 0.3) is 6.54 Å². The van der Waals surface area contributed by atoms with Gasteiger partial charge in [0, 0.05) is 17.8 Å². The summed E-state index contributed by atoms with van der Waals surface area (Å²) in [4.78, 5) is 49.8. The number of ketones is 2. The van der Waals surface area contributed by atoms with Crippen LogP contribution in [0.25, 0.3) is 0 Å². The number of carboxylic acids is 2. The molecule has 120 valence electrons. The molecule has 0 aliphatic heterocycles. The first kappa shape index (κ1) is 20.9. The number of hydrogen-bond acceptors (Lipinski definition) is 7. The van der Waals surface area contributed by atoms with Crippen molar-refractivity contribution >= 4 is 23.5 Å². The van der Waals surface area contributed by atoms with Crippen molar-refractivity contribution in [3.8, 4) is 0 Å². The average molecular weight is 306 g/mol. The Morgan fingerprint density at radius 2 is 1.38 bits per heavy atom. The molecule has 0 atom stereocenters. The highest BCUT2D eigenvalue weighted by Crippen LogP contribution is 1.90. The van der Waals surface area contributed by atoms with E-state index < -0.39 is 29.2 Å². The van der Waals surface area contributed by atoms with Crippen molar-refractivity contribution in [1.82, 2.24) is 5.32 Å². The number of carbonyl (C=O) groups excluding carboxylic acids is 2. The molecular weight excluding hydrogens is 288 g/mol. The summed E-state index contributed by atoms with van der Waals surface area (Å²) >= 11 is 0. The summed E-state index contributed by atoms with van der Waals surface area (Å²) in [5.74, 6) is -2.77. The van der Waals surface area contributed by atoms with Gasteiger partial charge in [0.1, 0.15) is 5.78 Å². The van der Waals surface area contributed by atoms with Crippen LogP contribution < -0.4 is 5.32 Å². The lowest BCUT2D eigenvalue weighted by molar-refractivity contribution is -0.467. The molecule has 3 N–H and O–H groups in total. The van der Waals surface area contributed by atoms with E-state index in [2.05, 4.69) is 5.32 Å². The molecule has 10 nitrogen and oxygen atoms in total. The van der Waals surface area contributed by atoms with E-state index in [9.17, 15) is 29.3 Å². The van der Waals surface area contributed by atoms with Crippen LogP contribution in [0, 0.1) is 10.1 Å². The second-order valence-electron chi connectivity index (χ2n) is 3.89. The van der Waals surface area contributed by atoms with Gasteiger partial charge in [0.2, 0.25) is 5.78 Å². The maximum atomic E-state index is 10.6. The number of carbonyl (C=O) groups is 4. The highest BCUT2D eigenvalue weighted by Gasteiger charge is 2.10. The summed E-state index contributed by atoms with van der Waals surface area (Å²) in [7, 11) is 1.65. The normalized spacial score (nSPS) is 9.19. The molecule has 0 aromatic rings. The number of aliphatic carboxylic acids is 2. The largest absolute Gasteiger partial charge is 0.481 e. The summed E-state index contributed by atoms with van der Waals surface area (Å²) in [6.07, 6.45) is -0.556. The van der Waals surface area contributed by atoms with Gasteiger partial charge in [-0.25, -0.2) is 0 Å². The van der Waals surface area contributed by atoms with Crippen LogP contribution in [0.5, 0.6) is 0 Å². The van der Waals surface area contributed by atoms with Crippen LogP contribution in [0.4, 0.5) is 0 Å². The van der Waals surface area contributed by atoms with E-state index in [4.69, 9.17) is 10.2 Å². The standard InChI is InChI=1S/C6H11NO3.C5H7NO5/c1-7-4-5(8)2-3-6(9)10;7-4(3-6(10)11)1-2-5(8)9/h7H,2-4H2,1H3,(H,9,10);1-3H2,(H,8,9). The zero-order chi connectivity index (χ0) is 16.8. The van der Waals surface area contributed by atoms with E-state index in [0.29, 0.717) is 0 Å². The van der Waals surface area contributed by atoms with Crippen LogP contribution in [0.15, 0.2) is 0 Å². The lowest BCUT2D eigenvalue weighted by Gasteiger charge is -1.94. The highest BCUT2D eigenvalue weighted by atomic mass is 16.6. The summed E-state index contributed by atoms with van der Waals surface area (Å²) in [5.41, 5.74) is 0. The molecule has 0 amide bonds. The van der Waals surface area contributed by atoms with E-state index >= 15 is 0 Å². The minimum absolute atomic E-state index is 0.0649. The number of nitrogens with zero attached hydrogens (tertiary/aromatic N) is 1. The van der Waals surface area contributed by atoms with Gasteiger partial charge in [-0.05, 0) is 7.05 Å². The van der Waals surface area contributed by atoms with E-state index in [1.54, 1.807) is 7.05 Å². The molecule has 0 radical (unpaired) electrons. The van der Waals surface area contributed by atoms with Crippen LogP contribution >= 0.6 is 0 Å². The van der Waals surface area contributed by atoms with Crippen LogP contribution in [0.3, 0.4) is 0 Å². The van der Waals surface area contributed by atoms with Crippen LogP contribution in [-0.2, 0) is 19.2 Å². The second-order valence-corrected chi connectivity index (χ2v) is 3.89. The summed E-state index contributed by atoms with van der Waals surface area (Å²) < 4.78 is 0. The van der Waals surface area contributed by atoms with Crippen molar-refractivity contribution < 1.29 is 34.3 Å². The molecule has 10 heteroatoms. The van der Waals surface area contributed by atoms with Gasteiger partial charge in [0.15, 0.2) is 0 Å². The first-order chi connectivity index (χ1) is 9.68. The molecule has 0 heterocycles. The molecule has 0 aromatic carbocycles. The Morgan fingerprint density at radius 1 is 0.952 bits per heavy atom. The number of likely N-dealkylation sites (N-methyl/N-ethyl adjacent to an activating group) is 1. The topological polar surface area (TPSA) is 164 Å². The van der Waals surface area contributed by atoms with E-state index in [-0.39, 0.29) is 38.0 Å². The molecule has 21 heavy (non-hydrogen) atoms. The van der Waals surface area contributed by atoms with Gasteiger partial charge in [-0.1, -0.05) is 0 Å². The van der Waals surface area contributed by atoms with Crippen molar-refractivity contribution in [2.75, 3.05) is 20.1 Å². The number of carboxylic acid groups (broad SMARTS) is 2. The maximum Gasteiger partial charge on any atom is 0.303 e. The fourth-order valence-electron chi connectivity index (χ4n) is 1.00. The Morgan fingerprint density at radius 3 is 1.71 bits per heavy atom. The smallest absolute Gasteiger partial charge is 0.303 e. The number of rotatable bonds is 10. The van der Waals surface area contributed by atoms with Gasteiger partial charge in [-0.2, -0.15) is 0 Å². The first-order valence-corrected chi connectivity index (χ1v) is 5.92. The Kier molecular flexibility index (Phi) is 12.6. The van der Waals surface area contributed by atoms with Crippen molar-refractivity contribution in [3.63, 3.8) is 0 Å². The van der Waals surface area contributed by atoms with Crippen molar-refractivity contribution in [2.45, 2.75) is 25.7 Å². The lowest BCUT2D eigenvalue weighted by atomic mass is 10.2. The molecule has 0 saturated heterocycles. The Hall–Kier alpha value is -2.36. The fourth-order valence-corrected chi connectivity index (χ4v) is 1.00. The average Bonchev–Trinajstić information content (AvgIpc) is 2.34. The zero-order valence-corrected chi connectivity index (χ0v) is 11.5. The summed E-state index contributed by atoms with van der Waals surface area (Å²) in [6, 6.07) is 0. The molecule has 0 unspecified atom stereocenters. The van der Waals surface area contributed by atoms with Crippen LogP contribution in [-0.4, -0.2) is 58.8 Å². The Balaban J connectivity index is 0. The molecule has 0 rings (SSSR count). The SMILES string of the molecule is CNCC(=O)CCC(=O)O.O=C(O)CCC(=O)C[N+](=O)[O-]. The van der Waals surface area contributed by atoms with Crippen LogP contribution in [0.1, 0.15) is 25.7 Å². The third-order valence-electron chi connectivity index (χ3n) is 1.91. The molecule has 0 aromatic heterocycles. The summed E-state index contributed by atoms with van der Waals surface area (Å²) in [6.45, 7) is -0.527. The highest BCUT2D eigenvalue weighted by molar-refractivity contribution is 5.84. The molecular formula is C11H18N2O8. The van der Waals surface area contributed by atoms with Crippen molar-refractivity contribution in [3.05, 3.63) is 10.1 Å². The Labute approximate surface area is 120 Å². The van der Waals surface area contributed by atoms with Gasteiger partial charge in [0.05, 0.1) is 19.4 Å². The van der Waals surface area contributed by atoms with Gasteiger partial charge >= 0.3 is 11.9 Å². The Bertz CT molecular complexity index is 394. The summed E-state index contributed by atoms with van der Waals surface area (Å²) in [5, 5.41) is 28.6. The van der Waals surface area contributed by atoms with Gasteiger partial charge in [-0.3, -0.25) is 29.3 Å². The molecule has 0 fully saturated rings. The lowest BCUT2D eigenvalue weighted by Crippen LogP contribution is -2.18. The molecule has 0 bridgehead atoms. The van der Waals surface area contributed by atoms with E-state index in [1.807, 2.05) is 0 Å². The zero-order valence-electron chi connectivity index (χ0n) is 11.5. The molecule has 0 saturated carbocycles. The fraction of sp³-hybridized carbons (Fsp3) is 0.636. The molecule has 0 spiro atoms.